The first-order valence-electron chi connectivity index (χ1n) is 12.8. The van der Waals surface area contributed by atoms with E-state index in [1.807, 2.05) is 6.92 Å². The van der Waals surface area contributed by atoms with Gasteiger partial charge in [-0.1, -0.05) is 55.3 Å². The highest BCUT2D eigenvalue weighted by molar-refractivity contribution is 7.92. The van der Waals surface area contributed by atoms with Gasteiger partial charge in [-0.3, -0.25) is 13.9 Å². The Morgan fingerprint density at radius 3 is 2.33 bits per heavy atom. The zero-order valence-electron chi connectivity index (χ0n) is 22.6. The molecule has 0 bridgehead atoms. The summed E-state index contributed by atoms with van der Waals surface area (Å²) < 4.78 is 47.3. The number of carbonyl (C=O) groups excluding carboxylic acids is 2. The molecular weight excluding hydrogens is 557 g/mol. The molecule has 0 aliphatic heterocycles. The van der Waals surface area contributed by atoms with Crippen molar-refractivity contribution in [3.05, 3.63) is 89.2 Å². The third kappa shape index (κ3) is 7.73. The van der Waals surface area contributed by atoms with Crippen LogP contribution in [0.1, 0.15) is 32.3 Å². The molecule has 0 aromatic heterocycles. The fourth-order valence-electron chi connectivity index (χ4n) is 3.96. The number of unbranched alkanes of at least 4 members (excludes halogenated alkanes) is 1. The minimum absolute atomic E-state index is 0.0230. The molecule has 1 N–H and O–H groups in total. The van der Waals surface area contributed by atoms with Crippen LogP contribution in [0.25, 0.3) is 0 Å². The van der Waals surface area contributed by atoms with Crippen LogP contribution in [0, 0.1) is 5.82 Å². The molecule has 40 heavy (non-hydrogen) atoms. The number of anilines is 1. The highest BCUT2D eigenvalue weighted by Gasteiger charge is 2.32. The second-order valence-corrected chi connectivity index (χ2v) is 11.4. The molecule has 3 aromatic carbocycles. The number of nitrogens with zero attached hydrogens (tertiary/aromatic N) is 2. The number of hydrogen-bond donors (Lipinski definition) is 1. The standard InChI is InChI=1S/C29H33ClFN3O5S/c1-4-5-17-32-29(36)21(2)33(19-22-11-13-23(31)14-12-22)28(35)20-34(24-15-16-27(39-3)26(30)18-24)40(37,38)25-9-7-6-8-10-25/h6-16,18,21H,4-5,17,19-20H2,1-3H3,(H,32,36)/t21-/m1/s1. The van der Waals surface area contributed by atoms with E-state index in [1.54, 1.807) is 25.1 Å². The Morgan fingerprint density at radius 2 is 1.73 bits per heavy atom. The summed E-state index contributed by atoms with van der Waals surface area (Å²) in [5, 5.41) is 2.98. The number of nitrogens with one attached hydrogen (secondary N) is 1. The minimum atomic E-state index is -4.22. The SMILES string of the molecule is CCCCNC(=O)[C@@H](C)N(Cc1ccc(F)cc1)C(=O)CN(c1ccc(OC)c(Cl)c1)S(=O)(=O)c1ccccc1. The Bertz CT molecular complexity index is 1400. The number of benzene rings is 3. The second kappa shape index (κ2) is 14.1. The van der Waals surface area contributed by atoms with Crippen molar-refractivity contribution in [3.63, 3.8) is 0 Å². The third-order valence-corrected chi connectivity index (χ3v) is 8.38. The highest BCUT2D eigenvalue weighted by atomic mass is 35.5. The predicted octanol–water partition coefficient (Wildman–Crippen LogP) is 5.02. The molecule has 0 aliphatic rings. The molecule has 0 saturated heterocycles. The van der Waals surface area contributed by atoms with Crippen LogP contribution >= 0.6 is 11.6 Å². The molecular formula is C29H33ClFN3O5S. The van der Waals surface area contributed by atoms with E-state index < -0.39 is 34.3 Å². The van der Waals surface area contributed by atoms with Gasteiger partial charge in [0.2, 0.25) is 11.8 Å². The first kappa shape index (κ1) is 30.9. The summed E-state index contributed by atoms with van der Waals surface area (Å²) in [7, 11) is -2.79. The molecule has 3 rings (SSSR count). The minimum Gasteiger partial charge on any atom is -0.495 e. The molecule has 11 heteroatoms. The topological polar surface area (TPSA) is 96.0 Å². The summed E-state index contributed by atoms with van der Waals surface area (Å²) in [4.78, 5) is 28.1. The van der Waals surface area contributed by atoms with Crippen LogP contribution in [-0.4, -0.2) is 51.4 Å². The van der Waals surface area contributed by atoms with Crippen LogP contribution in [-0.2, 0) is 26.2 Å². The maximum Gasteiger partial charge on any atom is 0.264 e. The second-order valence-electron chi connectivity index (χ2n) is 9.11. The number of halogens is 2. The lowest BCUT2D eigenvalue weighted by atomic mass is 10.1. The van der Waals surface area contributed by atoms with Gasteiger partial charge in [-0.25, -0.2) is 12.8 Å². The van der Waals surface area contributed by atoms with Gasteiger partial charge in [-0.05, 0) is 61.4 Å². The molecule has 0 unspecified atom stereocenters. The van der Waals surface area contributed by atoms with Crippen molar-refractivity contribution in [2.75, 3.05) is 24.5 Å². The molecule has 0 heterocycles. The van der Waals surface area contributed by atoms with E-state index in [1.165, 1.54) is 66.6 Å². The van der Waals surface area contributed by atoms with Crippen LogP contribution < -0.4 is 14.4 Å². The van der Waals surface area contributed by atoms with Gasteiger partial charge in [0.1, 0.15) is 24.2 Å². The van der Waals surface area contributed by atoms with E-state index in [4.69, 9.17) is 16.3 Å². The van der Waals surface area contributed by atoms with Crippen molar-refractivity contribution in [1.82, 2.24) is 10.2 Å². The van der Waals surface area contributed by atoms with Crippen LogP contribution in [0.15, 0.2) is 77.7 Å². The quantitative estimate of drug-likeness (QED) is 0.283. The lowest BCUT2D eigenvalue weighted by Gasteiger charge is -2.32. The van der Waals surface area contributed by atoms with Crippen LogP contribution in [0.3, 0.4) is 0 Å². The Labute approximate surface area is 239 Å². The first-order chi connectivity index (χ1) is 19.1. The van der Waals surface area contributed by atoms with E-state index in [2.05, 4.69) is 5.32 Å². The number of hydrogen-bond acceptors (Lipinski definition) is 5. The molecule has 1 atom stereocenters. The third-order valence-electron chi connectivity index (χ3n) is 6.30. The normalized spacial score (nSPS) is 11.9. The zero-order chi connectivity index (χ0) is 29.3. The molecule has 0 radical (unpaired) electrons. The number of methoxy groups -OCH3 is 1. The van der Waals surface area contributed by atoms with Crippen molar-refractivity contribution >= 4 is 39.1 Å². The fourth-order valence-corrected chi connectivity index (χ4v) is 5.64. The molecule has 2 amide bonds. The molecule has 0 aliphatic carbocycles. The lowest BCUT2D eigenvalue weighted by Crippen LogP contribution is -2.51. The molecule has 214 valence electrons. The number of carbonyl (C=O) groups is 2. The van der Waals surface area contributed by atoms with E-state index in [0.29, 0.717) is 17.9 Å². The maximum absolute atomic E-state index is 13.9. The van der Waals surface area contributed by atoms with Crippen molar-refractivity contribution in [3.8, 4) is 5.75 Å². The average Bonchev–Trinajstić information content (AvgIpc) is 2.95. The Hall–Kier alpha value is -3.63. The Morgan fingerprint density at radius 1 is 1.05 bits per heavy atom. The van der Waals surface area contributed by atoms with Gasteiger partial charge in [-0.2, -0.15) is 0 Å². The van der Waals surface area contributed by atoms with Gasteiger partial charge >= 0.3 is 0 Å². The van der Waals surface area contributed by atoms with E-state index in [0.717, 1.165) is 17.1 Å². The highest BCUT2D eigenvalue weighted by Crippen LogP contribution is 2.32. The Kier molecular flexibility index (Phi) is 10.9. The molecule has 0 spiro atoms. The predicted molar refractivity (Wildman–Crippen MR) is 153 cm³/mol. The molecule has 0 fully saturated rings. The largest absolute Gasteiger partial charge is 0.495 e. The smallest absolute Gasteiger partial charge is 0.264 e. The van der Waals surface area contributed by atoms with E-state index in [9.17, 15) is 22.4 Å². The summed E-state index contributed by atoms with van der Waals surface area (Å²) >= 11 is 6.32. The lowest BCUT2D eigenvalue weighted by molar-refractivity contribution is -0.139. The van der Waals surface area contributed by atoms with Gasteiger partial charge in [0.05, 0.1) is 22.7 Å². The average molecular weight is 590 g/mol. The van der Waals surface area contributed by atoms with Crippen molar-refractivity contribution < 1.29 is 27.1 Å². The number of rotatable bonds is 13. The van der Waals surface area contributed by atoms with Gasteiger partial charge in [0.15, 0.2) is 0 Å². The number of ether oxygens (including phenoxy) is 1. The first-order valence-corrected chi connectivity index (χ1v) is 14.6. The fraction of sp³-hybridized carbons (Fsp3) is 0.310. The van der Waals surface area contributed by atoms with Gasteiger partial charge in [0, 0.05) is 13.1 Å². The van der Waals surface area contributed by atoms with Gasteiger partial charge in [-0.15, -0.1) is 0 Å². The summed E-state index contributed by atoms with van der Waals surface area (Å²) in [6, 6.07) is 16.7. The Balaban J connectivity index is 2.02. The van der Waals surface area contributed by atoms with Gasteiger partial charge in [0.25, 0.3) is 10.0 Å². The van der Waals surface area contributed by atoms with Crippen molar-refractivity contribution in [2.24, 2.45) is 0 Å². The van der Waals surface area contributed by atoms with Crippen LogP contribution in [0.4, 0.5) is 10.1 Å². The number of amides is 2. The van der Waals surface area contributed by atoms with Gasteiger partial charge < -0.3 is 15.0 Å². The van der Waals surface area contributed by atoms with Crippen molar-refractivity contribution in [1.29, 1.82) is 0 Å². The summed E-state index contributed by atoms with van der Waals surface area (Å²) in [5.74, 6) is -1.12. The monoisotopic (exact) mass is 589 g/mol. The maximum atomic E-state index is 13.9. The molecule has 0 saturated carbocycles. The zero-order valence-corrected chi connectivity index (χ0v) is 24.2. The molecule has 3 aromatic rings. The van der Waals surface area contributed by atoms with Crippen LogP contribution in [0.5, 0.6) is 5.75 Å². The van der Waals surface area contributed by atoms with E-state index in [-0.39, 0.29) is 28.1 Å². The van der Waals surface area contributed by atoms with Crippen LogP contribution in [0.2, 0.25) is 5.02 Å². The number of sulfonamides is 1. The summed E-state index contributed by atoms with van der Waals surface area (Å²) in [6.45, 7) is 3.35. The van der Waals surface area contributed by atoms with E-state index >= 15 is 0 Å². The summed E-state index contributed by atoms with van der Waals surface area (Å²) in [6.07, 6.45) is 1.65. The van der Waals surface area contributed by atoms with Crippen molar-refractivity contribution in [2.45, 2.75) is 44.2 Å². The summed E-state index contributed by atoms with van der Waals surface area (Å²) in [5.41, 5.74) is 0.720. The molecule has 8 nitrogen and oxygen atoms in total.